The Morgan fingerprint density at radius 2 is 1.76 bits per heavy atom. The highest BCUT2D eigenvalue weighted by Crippen LogP contribution is 2.20. The first kappa shape index (κ1) is 24.3. The van der Waals surface area contributed by atoms with Crippen LogP contribution in [0.4, 0.5) is 0 Å². The quantitative estimate of drug-likeness (QED) is 0.283. The van der Waals surface area contributed by atoms with E-state index in [0.29, 0.717) is 12.8 Å². The van der Waals surface area contributed by atoms with Crippen LogP contribution in [0.3, 0.4) is 0 Å². The Morgan fingerprint density at radius 3 is 2.28 bits per heavy atom. The van der Waals surface area contributed by atoms with Gasteiger partial charge in [0.2, 0.25) is 17.7 Å². The molecule has 11 nitrogen and oxygen atoms in total. The Hall–Kier alpha value is -2.69. The molecule has 0 aliphatic carbocycles. The lowest BCUT2D eigenvalue weighted by Crippen LogP contribution is -2.56. The minimum absolute atomic E-state index is 0.0459. The zero-order valence-electron chi connectivity index (χ0n) is 16.7. The highest BCUT2D eigenvalue weighted by atomic mass is 16.4. The Balaban J connectivity index is 2.90. The van der Waals surface area contributed by atoms with Gasteiger partial charge in [0.25, 0.3) is 0 Å². The average molecular weight is 414 g/mol. The van der Waals surface area contributed by atoms with Gasteiger partial charge < -0.3 is 31.5 Å². The van der Waals surface area contributed by atoms with E-state index in [1.54, 1.807) is 0 Å². The van der Waals surface area contributed by atoms with Crippen molar-refractivity contribution in [3.05, 3.63) is 0 Å². The number of carbonyl (C=O) groups is 5. The van der Waals surface area contributed by atoms with E-state index in [2.05, 4.69) is 10.6 Å². The summed E-state index contributed by atoms with van der Waals surface area (Å²) in [4.78, 5) is 60.7. The molecule has 3 atom stereocenters. The van der Waals surface area contributed by atoms with Crippen LogP contribution in [-0.4, -0.2) is 76.0 Å². The zero-order valence-corrected chi connectivity index (χ0v) is 16.7. The van der Waals surface area contributed by atoms with Gasteiger partial charge in [-0.3, -0.25) is 19.2 Å². The number of aliphatic carboxylic acids is 2. The summed E-state index contributed by atoms with van der Waals surface area (Å²) in [6.07, 6.45) is 0.636. The molecule has 0 saturated carbocycles. The minimum atomic E-state index is -1.16. The second kappa shape index (κ2) is 11.3. The summed E-state index contributed by atoms with van der Waals surface area (Å²) < 4.78 is 0. The molecule has 0 bridgehead atoms. The molecule has 0 spiro atoms. The molecule has 29 heavy (non-hydrogen) atoms. The maximum absolute atomic E-state index is 12.9. The van der Waals surface area contributed by atoms with E-state index >= 15 is 0 Å². The van der Waals surface area contributed by atoms with Crippen molar-refractivity contribution >= 4 is 29.7 Å². The number of carbonyl (C=O) groups excluding carboxylic acids is 3. The Bertz CT molecular complexity index is 638. The monoisotopic (exact) mass is 414 g/mol. The topological polar surface area (TPSA) is 179 Å². The van der Waals surface area contributed by atoms with E-state index in [9.17, 15) is 29.1 Å². The van der Waals surface area contributed by atoms with Gasteiger partial charge >= 0.3 is 11.9 Å². The fourth-order valence-electron chi connectivity index (χ4n) is 3.24. The smallest absolute Gasteiger partial charge is 0.326 e. The van der Waals surface area contributed by atoms with Gasteiger partial charge in [0, 0.05) is 13.0 Å². The van der Waals surface area contributed by atoms with Gasteiger partial charge in [0.15, 0.2) is 0 Å². The van der Waals surface area contributed by atoms with Crippen LogP contribution < -0.4 is 16.4 Å². The van der Waals surface area contributed by atoms with Crippen LogP contribution in [0.25, 0.3) is 0 Å². The van der Waals surface area contributed by atoms with Crippen molar-refractivity contribution in [2.75, 3.05) is 13.1 Å². The van der Waals surface area contributed by atoms with Gasteiger partial charge in [0.1, 0.15) is 18.1 Å². The summed E-state index contributed by atoms with van der Waals surface area (Å²) >= 11 is 0. The summed E-state index contributed by atoms with van der Waals surface area (Å²) in [6.45, 7) is 3.55. The second-order valence-electron chi connectivity index (χ2n) is 7.48. The standard InChI is InChI=1S/C18H30N4O7/c1-10(2)8-12(18(28)29)21-16(26)13-4-3-7-22(13)17(27)11(5-6-15(24)25)20-14(23)9-19/h10-13H,3-9,19H2,1-2H3,(H,20,23)(H,21,26)(H,24,25)(H,28,29). The molecule has 0 aromatic rings. The van der Waals surface area contributed by atoms with Crippen LogP contribution in [0.1, 0.15) is 46.0 Å². The van der Waals surface area contributed by atoms with E-state index in [4.69, 9.17) is 10.8 Å². The number of nitrogens with two attached hydrogens (primary N) is 1. The lowest BCUT2D eigenvalue weighted by molar-refractivity contribution is -0.145. The zero-order chi connectivity index (χ0) is 22.1. The first-order valence-electron chi connectivity index (χ1n) is 9.61. The number of likely N-dealkylation sites (tertiary alicyclic amines) is 1. The second-order valence-corrected chi connectivity index (χ2v) is 7.48. The maximum Gasteiger partial charge on any atom is 0.326 e. The number of carboxylic acid groups (broad SMARTS) is 2. The van der Waals surface area contributed by atoms with Gasteiger partial charge in [-0.15, -0.1) is 0 Å². The van der Waals surface area contributed by atoms with Gasteiger partial charge in [-0.05, 0) is 31.6 Å². The Morgan fingerprint density at radius 1 is 1.10 bits per heavy atom. The van der Waals surface area contributed by atoms with E-state index in [-0.39, 0.29) is 38.3 Å². The van der Waals surface area contributed by atoms with Crippen LogP contribution in [-0.2, 0) is 24.0 Å². The van der Waals surface area contributed by atoms with Crippen LogP contribution >= 0.6 is 0 Å². The van der Waals surface area contributed by atoms with Crippen molar-refractivity contribution in [2.45, 2.75) is 64.1 Å². The number of nitrogens with one attached hydrogen (secondary N) is 2. The number of hydrogen-bond donors (Lipinski definition) is 5. The van der Waals surface area contributed by atoms with Crippen molar-refractivity contribution in [3.8, 4) is 0 Å². The van der Waals surface area contributed by atoms with Gasteiger partial charge in [-0.1, -0.05) is 13.8 Å². The van der Waals surface area contributed by atoms with Crippen molar-refractivity contribution in [1.82, 2.24) is 15.5 Å². The van der Waals surface area contributed by atoms with Crippen LogP contribution in [0, 0.1) is 5.92 Å². The molecule has 1 fully saturated rings. The number of hydrogen-bond acceptors (Lipinski definition) is 6. The fraction of sp³-hybridized carbons (Fsp3) is 0.722. The Kier molecular flexibility index (Phi) is 9.53. The van der Waals surface area contributed by atoms with E-state index < -0.39 is 47.8 Å². The summed E-state index contributed by atoms with van der Waals surface area (Å²) in [5.74, 6) is -4.01. The molecule has 1 heterocycles. The predicted octanol–water partition coefficient (Wildman–Crippen LogP) is -1.10. The molecule has 11 heteroatoms. The largest absolute Gasteiger partial charge is 0.481 e. The van der Waals surface area contributed by atoms with Crippen molar-refractivity contribution in [1.29, 1.82) is 0 Å². The molecule has 0 radical (unpaired) electrons. The van der Waals surface area contributed by atoms with Gasteiger partial charge in [-0.2, -0.15) is 0 Å². The Labute approximate surface area is 169 Å². The molecular formula is C18H30N4O7. The molecule has 3 amide bonds. The third-order valence-corrected chi connectivity index (χ3v) is 4.63. The molecule has 1 rings (SSSR count). The number of nitrogens with zero attached hydrogens (tertiary/aromatic N) is 1. The van der Waals surface area contributed by atoms with E-state index in [1.165, 1.54) is 4.90 Å². The molecule has 164 valence electrons. The van der Waals surface area contributed by atoms with Gasteiger partial charge in [0.05, 0.1) is 6.54 Å². The fourth-order valence-corrected chi connectivity index (χ4v) is 3.24. The maximum atomic E-state index is 12.9. The molecule has 1 aliphatic rings. The molecule has 0 aromatic heterocycles. The van der Waals surface area contributed by atoms with Crippen molar-refractivity contribution < 1.29 is 34.2 Å². The summed E-state index contributed by atoms with van der Waals surface area (Å²) in [5.41, 5.74) is 5.26. The van der Waals surface area contributed by atoms with Crippen LogP contribution in [0.15, 0.2) is 0 Å². The minimum Gasteiger partial charge on any atom is -0.481 e. The number of rotatable bonds is 11. The predicted molar refractivity (Wildman–Crippen MR) is 102 cm³/mol. The average Bonchev–Trinajstić information content (AvgIpc) is 3.12. The molecule has 1 saturated heterocycles. The third-order valence-electron chi connectivity index (χ3n) is 4.63. The summed E-state index contributed by atoms with van der Waals surface area (Å²) in [6, 6.07) is -3.07. The number of carboxylic acids is 2. The highest BCUT2D eigenvalue weighted by molar-refractivity contribution is 5.94. The van der Waals surface area contributed by atoms with Crippen molar-refractivity contribution in [3.63, 3.8) is 0 Å². The molecule has 0 aromatic carbocycles. The first-order valence-corrected chi connectivity index (χ1v) is 9.61. The summed E-state index contributed by atoms with van der Waals surface area (Å²) in [7, 11) is 0. The van der Waals surface area contributed by atoms with Crippen molar-refractivity contribution in [2.24, 2.45) is 11.7 Å². The van der Waals surface area contributed by atoms with E-state index in [1.807, 2.05) is 13.8 Å². The SMILES string of the molecule is CC(C)CC(NC(=O)C1CCCN1C(=O)C(CCC(=O)O)NC(=O)CN)C(=O)O. The first-order chi connectivity index (χ1) is 13.6. The lowest BCUT2D eigenvalue weighted by atomic mass is 10.0. The normalized spacial score (nSPS) is 18.2. The summed E-state index contributed by atoms with van der Waals surface area (Å²) in [5, 5.41) is 23.1. The van der Waals surface area contributed by atoms with E-state index in [0.717, 1.165) is 0 Å². The molecule has 6 N–H and O–H groups in total. The molecular weight excluding hydrogens is 384 g/mol. The molecule has 3 unspecified atom stereocenters. The molecule has 1 aliphatic heterocycles. The highest BCUT2D eigenvalue weighted by Gasteiger charge is 2.38. The number of amides is 3. The van der Waals surface area contributed by atoms with Crippen LogP contribution in [0.2, 0.25) is 0 Å². The van der Waals surface area contributed by atoms with Crippen LogP contribution in [0.5, 0.6) is 0 Å². The van der Waals surface area contributed by atoms with Gasteiger partial charge in [-0.25, -0.2) is 4.79 Å². The third kappa shape index (κ3) is 7.68. The lowest BCUT2D eigenvalue weighted by Gasteiger charge is -2.29.